The minimum absolute atomic E-state index is 0.0399. The monoisotopic (exact) mass is 474 g/mol. The molecule has 0 atom stereocenters. The lowest BCUT2D eigenvalue weighted by atomic mass is 10.1. The molecule has 1 aliphatic rings. The first-order chi connectivity index (χ1) is 15.2. The molecule has 0 unspecified atom stereocenters. The molecule has 1 aliphatic heterocycles. The average Bonchev–Trinajstić information content (AvgIpc) is 2.83. The topological polar surface area (TPSA) is 41.4 Å². The molecule has 0 aliphatic carbocycles. The third-order valence-corrected chi connectivity index (χ3v) is 6.34. The first-order valence-electron chi connectivity index (χ1n) is 10.5. The van der Waals surface area contributed by atoms with Crippen LogP contribution in [0.5, 0.6) is 0 Å². The first-order valence-corrected chi connectivity index (χ1v) is 11.3. The number of piperazine rings is 1. The Bertz CT molecular complexity index is 1250. The summed E-state index contributed by atoms with van der Waals surface area (Å²) in [5.41, 5.74) is 3.05. The summed E-state index contributed by atoms with van der Waals surface area (Å²) in [5, 5.41) is 6.40. The molecule has 0 spiro atoms. The highest BCUT2D eigenvalue weighted by Crippen LogP contribution is 2.26. The number of para-hydroxylation sites is 1. The maximum atomic E-state index is 13.2. The molecule has 0 radical (unpaired) electrons. The fourth-order valence-electron chi connectivity index (χ4n) is 4.13. The Kier molecular flexibility index (Phi) is 5.57. The number of hydrogen-bond acceptors (Lipinski definition) is 4. The van der Waals surface area contributed by atoms with E-state index >= 15 is 0 Å². The minimum Gasteiger partial charge on any atom is -0.369 e. The summed E-state index contributed by atoms with van der Waals surface area (Å²) < 4.78 is 2.64. The standard InChI is InChI=1S/C25H23BrN4O/c26-20-12-10-19(11-13-20)24-22-8-4-5-9-23(22)25(31)30(27-24)18-28-14-16-29(17-15-28)21-6-2-1-3-7-21/h1-13H,14-18H2. The number of rotatable bonds is 4. The van der Waals surface area contributed by atoms with Crippen LogP contribution in [0.25, 0.3) is 22.0 Å². The lowest BCUT2D eigenvalue weighted by molar-refractivity contribution is 0.192. The Hall–Kier alpha value is -2.96. The Morgan fingerprint density at radius 3 is 2.13 bits per heavy atom. The fourth-order valence-corrected chi connectivity index (χ4v) is 4.39. The van der Waals surface area contributed by atoms with Crippen molar-refractivity contribution < 1.29 is 0 Å². The third kappa shape index (κ3) is 4.13. The predicted molar refractivity (Wildman–Crippen MR) is 129 cm³/mol. The quantitative estimate of drug-likeness (QED) is 0.433. The van der Waals surface area contributed by atoms with E-state index in [1.54, 1.807) is 4.68 Å². The molecular formula is C25H23BrN4O. The Morgan fingerprint density at radius 1 is 0.774 bits per heavy atom. The molecule has 5 nitrogen and oxygen atoms in total. The summed E-state index contributed by atoms with van der Waals surface area (Å²) >= 11 is 3.49. The second kappa shape index (κ2) is 8.65. The van der Waals surface area contributed by atoms with Gasteiger partial charge in [-0.15, -0.1) is 0 Å². The van der Waals surface area contributed by atoms with Crippen molar-refractivity contribution in [3.05, 3.63) is 93.7 Å². The molecule has 6 heteroatoms. The van der Waals surface area contributed by atoms with Gasteiger partial charge in [0.25, 0.3) is 5.56 Å². The van der Waals surface area contributed by atoms with Gasteiger partial charge in [0.05, 0.1) is 17.7 Å². The van der Waals surface area contributed by atoms with Crippen LogP contribution in [-0.4, -0.2) is 40.9 Å². The van der Waals surface area contributed by atoms with Crippen molar-refractivity contribution in [2.45, 2.75) is 6.67 Å². The Balaban J connectivity index is 1.43. The molecule has 1 saturated heterocycles. The minimum atomic E-state index is -0.0399. The van der Waals surface area contributed by atoms with Crippen LogP contribution in [0.15, 0.2) is 88.1 Å². The molecule has 5 rings (SSSR count). The number of aromatic nitrogens is 2. The summed E-state index contributed by atoms with van der Waals surface area (Å²) in [6.45, 7) is 4.15. The molecule has 0 bridgehead atoms. The largest absolute Gasteiger partial charge is 0.369 e. The smallest absolute Gasteiger partial charge is 0.275 e. The zero-order valence-corrected chi connectivity index (χ0v) is 18.7. The average molecular weight is 475 g/mol. The van der Waals surface area contributed by atoms with Gasteiger partial charge in [0, 0.05) is 47.3 Å². The van der Waals surface area contributed by atoms with E-state index < -0.39 is 0 Å². The lowest BCUT2D eigenvalue weighted by Crippen LogP contribution is -2.48. The van der Waals surface area contributed by atoms with Crippen LogP contribution in [0, 0.1) is 0 Å². The van der Waals surface area contributed by atoms with Gasteiger partial charge in [-0.3, -0.25) is 9.69 Å². The van der Waals surface area contributed by atoms with Crippen LogP contribution in [0.3, 0.4) is 0 Å². The van der Waals surface area contributed by atoms with E-state index in [1.165, 1.54) is 5.69 Å². The first kappa shape index (κ1) is 20.0. The number of hydrogen-bond donors (Lipinski definition) is 0. The third-order valence-electron chi connectivity index (χ3n) is 5.81. The molecule has 156 valence electrons. The zero-order chi connectivity index (χ0) is 21.2. The van der Waals surface area contributed by atoms with Crippen LogP contribution in [-0.2, 0) is 6.67 Å². The molecule has 4 aromatic rings. The van der Waals surface area contributed by atoms with E-state index in [0.717, 1.165) is 47.3 Å². The summed E-state index contributed by atoms with van der Waals surface area (Å²) in [5.74, 6) is 0. The number of fused-ring (bicyclic) bond motifs is 1. The molecule has 31 heavy (non-hydrogen) atoms. The molecule has 1 aromatic heterocycles. The van der Waals surface area contributed by atoms with Crippen molar-refractivity contribution in [2.75, 3.05) is 31.1 Å². The summed E-state index contributed by atoms with van der Waals surface area (Å²) in [6.07, 6.45) is 0. The Labute approximate surface area is 189 Å². The van der Waals surface area contributed by atoms with Crippen molar-refractivity contribution >= 4 is 32.4 Å². The van der Waals surface area contributed by atoms with Crippen molar-refractivity contribution in [1.29, 1.82) is 0 Å². The van der Waals surface area contributed by atoms with Gasteiger partial charge in [-0.1, -0.05) is 64.5 Å². The predicted octanol–water partition coefficient (Wildman–Crippen LogP) is 4.61. The highest BCUT2D eigenvalue weighted by molar-refractivity contribution is 9.10. The molecule has 0 N–H and O–H groups in total. The molecule has 0 amide bonds. The van der Waals surface area contributed by atoms with Crippen LogP contribution < -0.4 is 10.5 Å². The highest BCUT2D eigenvalue weighted by Gasteiger charge is 2.19. The van der Waals surface area contributed by atoms with Gasteiger partial charge in [0.15, 0.2) is 0 Å². The summed E-state index contributed by atoms with van der Waals surface area (Å²) in [7, 11) is 0. The van der Waals surface area contributed by atoms with Gasteiger partial charge < -0.3 is 4.90 Å². The van der Waals surface area contributed by atoms with Crippen molar-refractivity contribution in [3.63, 3.8) is 0 Å². The second-order valence-corrected chi connectivity index (χ2v) is 8.70. The van der Waals surface area contributed by atoms with E-state index in [4.69, 9.17) is 5.10 Å². The highest BCUT2D eigenvalue weighted by atomic mass is 79.9. The number of benzene rings is 3. The van der Waals surface area contributed by atoms with E-state index in [1.807, 2.05) is 54.6 Å². The van der Waals surface area contributed by atoms with E-state index in [-0.39, 0.29) is 5.56 Å². The molecule has 3 aromatic carbocycles. The van der Waals surface area contributed by atoms with Crippen LogP contribution >= 0.6 is 15.9 Å². The zero-order valence-electron chi connectivity index (χ0n) is 17.1. The molecule has 1 fully saturated rings. The fraction of sp³-hybridized carbons (Fsp3) is 0.200. The van der Waals surface area contributed by atoms with Crippen molar-refractivity contribution in [3.8, 4) is 11.3 Å². The summed E-state index contributed by atoms with van der Waals surface area (Å²) in [6, 6.07) is 26.3. The normalized spacial score (nSPS) is 14.8. The number of anilines is 1. The molecular weight excluding hydrogens is 452 g/mol. The van der Waals surface area contributed by atoms with Gasteiger partial charge in [0.2, 0.25) is 0 Å². The van der Waals surface area contributed by atoms with Crippen LogP contribution in [0.4, 0.5) is 5.69 Å². The maximum Gasteiger partial charge on any atom is 0.275 e. The van der Waals surface area contributed by atoms with E-state index in [2.05, 4.69) is 50.0 Å². The summed E-state index contributed by atoms with van der Waals surface area (Å²) in [4.78, 5) is 17.9. The van der Waals surface area contributed by atoms with Crippen LogP contribution in [0.1, 0.15) is 0 Å². The van der Waals surface area contributed by atoms with Crippen LogP contribution in [0.2, 0.25) is 0 Å². The number of halogens is 1. The van der Waals surface area contributed by atoms with Crippen molar-refractivity contribution in [2.24, 2.45) is 0 Å². The van der Waals surface area contributed by atoms with Gasteiger partial charge in [-0.2, -0.15) is 5.10 Å². The van der Waals surface area contributed by atoms with Gasteiger partial charge in [-0.25, -0.2) is 4.68 Å². The SMILES string of the molecule is O=c1c2ccccc2c(-c2ccc(Br)cc2)nn1CN1CCN(c2ccccc2)CC1. The lowest BCUT2D eigenvalue weighted by Gasteiger charge is -2.36. The molecule has 0 saturated carbocycles. The van der Waals surface area contributed by atoms with Gasteiger partial charge in [0.1, 0.15) is 0 Å². The van der Waals surface area contributed by atoms with E-state index in [0.29, 0.717) is 12.1 Å². The van der Waals surface area contributed by atoms with E-state index in [9.17, 15) is 4.79 Å². The number of nitrogens with zero attached hydrogens (tertiary/aromatic N) is 4. The Morgan fingerprint density at radius 2 is 1.42 bits per heavy atom. The maximum absolute atomic E-state index is 13.2. The van der Waals surface area contributed by atoms with Crippen molar-refractivity contribution in [1.82, 2.24) is 14.7 Å². The van der Waals surface area contributed by atoms with Gasteiger partial charge in [-0.05, 0) is 30.3 Å². The van der Waals surface area contributed by atoms with Gasteiger partial charge >= 0.3 is 0 Å². The second-order valence-electron chi connectivity index (χ2n) is 7.79. The molecule has 2 heterocycles.